The second-order valence-electron chi connectivity index (χ2n) is 12.1. The summed E-state index contributed by atoms with van der Waals surface area (Å²) in [5, 5.41) is 6.21. The normalized spacial score (nSPS) is 17.7. The van der Waals surface area contributed by atoms with E-state index in [1.54, 1.807) is 46.8 Å². The first kappa shape index (κ1) is 33.6. The van der Waals surface area contributed by atoms with Crippen LogP contribution in [-0.4, -0.2) is 48.0 Å². The molecule has 1 aliphatic carbocycles. The van der Waals surface area contributed by atoms with Crippen LogP contribution in [0, 0.1) is 12.8 Å². The number of anilines is 2. The monoisotopic (exact) mass is 632 g/mol. The number of rotatable bonds is 8. The van der Waals surface area contributed by atoms with E-state index in [-0.39, 0.29) is 29.2 Å². The van der Waals surface area contributed by atoms with Gasteiger partial charge in [0.05, 0.1) is 43.4 Å². The molecule has 0 aliphatic heterocycles. The first-order chi connectivity index (χ1) is 21.1. The number of nitrogens with zero attached hydrogens (tertiary/aromatic N) is 2. The number of carbonyl (C=O) groups excluding carboxylic acids is 2. The van der Waals surface area contributed by atoms with Crippen LogP contribution in [0.2, 0.25) is 0 Å². The van der Waals surface area contributed by atoms with E-state index in [0.29, 0.717) is 59.7 Å². The number of methoxy groups -OCH3 is 2. The minimum atomic E-state index is -4.66. The number of carbonyl (C=O) groups is 2. The van der Waals surface area contributed by atoms with E-state index in [2.05, 4.69) is 20.6 Å². The molecule has 3 aromatic rings. The number of benzene rings is 2. The number of nitrogens with one attached hydrogen (secondary N) is 2. The number of ether oxygens (including phenoxy) is 4. The zero-order valence-electron chi connectivity index (χ0n) is 26.4. The van der Waals surface area contributed by atoms with Crippen molar-refractivity contribution in [3.05, 3.63) is 47.3 Å². The van der Waals surface area contributed by atoms with E-state index in [4.69, 9.17) is 18.9 Å². The highest BCUT2D eigenvalue weighted by atomic mass is 19.4. The summed E-state index contributed by atoms with van der Waals surface area (Å²) in [6.45, 7) is 8.37. The van der Waals surface area contributed by atoms with Gasteiger partial charge in [0.2, 0.25) is 0 Å². The standard InChI is InChI=1S/C32H39F3N4O6/c1-17(20-12-21(32(33,34)35)14-22(13-20)39-30(41)45-31(3,4)5)36-28-24-15-27(26(42-6)16-25(24)37-18(2)38-28)44-23-10-8-19(9-11-23)29(40)43-7/h12-17,19,23H,8-11H2,1-7H3,(H,39,41)(H,36,37,38)/t17-,19-,23-/m1/s1. The van der Waals surface area contributed by atoms with Crippen molar-refractivity contribution in [1.29, 1.82) is 0 Å². The molecule has 0 spiro atoms. The summed E-state index contributed by atoms with van der Waals surface area (Å²) >= 11 is 0. The van der Waals surface area contributed by atoms with Crippen molar-refractivity contribution >= 4 is 34.5 Å². The van der Waals surface area contributed by atoms with E-state index in [1.807, 2.05) is 0 Å². The highest BCUT2D eigenvalue weighted by Gasteiger charge is 2.32. The maximum Gasteiger partial charge on any atom is 0.416 e. The molecule has 45 heavy (non-hydrogen) atoms. The number of aryl methyl sites for hydroxylation is 1. The molecule has 2 N–H and O–H groups in total. The number of aromatic nitrogens is 2. The lowest BCUT2D eigenvalue weighted by Gasteiger charge is -2.28. The number of fused-ring (bicyclic) bond motifs is 1. The van der Waals surface area contributed by atoms with Gasteiger partial charge in [-0.1, -0.05) is 0 Å². The molecule has 1 saturated carbocycles. The summed E-state index contributed by atoms with van der Waals surface area (Å²) in [6, 6.07) is 6.13. The molecule has 4 rings (SSSR count). The van der Waals surface area contributed by atoms with Gasteiger partial charge in [0.1, 0.15) is 17.2 Å². The fourth-order valence-corrected chi connectivity index (χ4v) is 5.22. The molecule has 1 heterocycles. The first-order valence-electron chi connectivity index (χ1n) is 14.7. The molecule has 0 unspecified atom stereocenters. The number of esters is 1. The Morgan fingerprint density at radius 2 is 1.64 bits per heavy atom. The van der Waals surface area contributed by atoms with E-state index in [0.717, 1.165) is 12.1 Å². The Morgan fingerprint density at radius 1 is 0.956 bits per heavy atom. The van der Waals surface area contributed by atoms with E-state index >= 15 is 0 Å². The van der Waals surface area contributed by atoms with Gasteiger partial charge in [-0.15, -0.1) is 0 Å². The molecular formula is C32H39F3N4O6. The van der Waals surface area contributed by atoms with Crippen LogP contribution in [-0.2, 0) is 20.4 Å². The van der Waals surface area contributed by atoms with Crippen molar-refractivity contribution in [2.75, 3.05) is 24.9 Å². The maximum absolute atomic E-state index is 13.9. The molecule has 1 aromatic heterocycles. The van der Waals surface area contributed by atoms with Gasteiger partial charge in [-0.2, -0.15) is 13.2 Å². The van der Waals surface area contributed by atoms with Crippen LogP contribution in [0.25, 0.3) is 10.9 Å². The summed E-state index contributed by atoms with van der Waals surface area (Å²) in [5.41, 5.74) is -1.01. The van der Waals surface area contributed by atoms with Gasteiger partial charge in [0.25, 0.3) is 0 Å². The van der Waals surface area contributed by atoms with Crippen molar-refractivity contribution in [2.24, 2.45) is 5.92 Å². The number of hydrogen-bond donors (Lipinski definition) is 2. The van der Waals surface area contributed by atoms with Gasteiger partial charge >= 0.3 is 18.2 Å². The van der Waals surface area contributed by atoms with Gasteiger partial charge in [0.15, 0.2) is 11.5 Å². The largest absolute Gasteiger partial charge is 0.493 e. The zero-order valence-corrected chi connectivity index (χ0v) is 26.4. The SMILES string of the molecule is COc1cc2nc(C)nc(N[C@H](C)c3cc(NC(=O)OC(C)(C)C)cc(C(F)(F)F)c3)c2cc1O[C@H]1CC[C@H](C(=O)OC)CC1. The molecule has 13 heteroatoms. The Kier molecular flexibility index (Phi) is 9.98. The van der Waals surface area contributed by atoms with Crippen LogP contribution < -0.4 is 20.1 Å². The second-order valence-corrected chi connectivity index (χ2v) is 12.1. The number of alkyl halides is 3. The van der Waals surface area contributed by atoms with Crippen LogP contribution in [0.1, 0.15) is 76.4 Å². The Balaban J connectivity index is 1.64. The van der Waals surface area contributed by atoms with Gasteiger partial charge in [-0.3, -0.25) is 10.1 Å². The van der Waals surface area contributed by atoms with E-state index in [1.165, 1.54) is 20.3 Å². The molecule has 2 aromatic carbocycles. The second kappa shape index (κ2) is 13.4. The minimum absolute atomic E-state index is 0.0613. The van der Waals surface area contributed by atoms with E-state index < -0.39 is 29.5 Å². The van der Waals surface area contributed by atoms with Gasteiger partial charge in [0, 0.05) is 17.1 Å². The fraction of sp³-hybridized carbons (Fsp3) is 0.500. The molecule has 1 atom stereocenters. The van der Waals surface area contributed by atoms with Crippen molar-refractivity contribution in [1.82, 2.24) is 9.97 Å². The Hall–Kier alpha value is -4.29. The number of hydrogen-bond acceptors (Lipinski definition) is 9. The third-order valence-corrected chi connectivity index (χ3v) is 7.38. The third kappa shape index (κ3) is 8.67. The molecule has 244 valence electrons. The minimum Gasteiger partial charge on any atom is -0.493 e. The fourth-order valence-electron chi connectivity index (χ4n) is 5.22. The lowest BCUT2D eigenvalue weighted by atomic mass is 9.87. The molecule has 0 bridgehead atoms. The number of halogens is 3. The highest BCUT2D eigenvalue weighted by molar-refractivity contribution is 5.92. The molecule has 10 nitrogen and oxygen atoms in total. The van der Waals surface area contributed by atoms with Crippen molar-refractivity contribution in [3.8, 4) is 11.5 Å². The molecule has 1 amide bonds. The highest BCUT2D eigenvalue weighted by Crippen LogP contribution is 2.39. The maximum atomic E-state index is 13.9. The Labute approximate surface area is 260 Å². The summed E-state index contributed by atoms with van der Waals surface area (Å²) in [5.74, 6) is 1.36. The molecule has 0 radical (unpaired) electrons. The third-order valence-electron chi connectivity index (χ3n) is 7.38. The summed E-state index contributed by atoms with van der Waals surface area (Å²) in [6.07, 6.45) is -3.09. The lowest BCUT2D eigenvalue weighted by molar-refractivity contribution is -0.147. The Morgan fingerprint density at radius 3 is 2.24 bits per heavy atom. The topological polar surface area (TPSA) is 121 Å². The van der Waals surface area contributed by atoms with Crippen molar-refractivity contribution < 1.29 is 41.7 Å². The Bertz CT molecular complexity index is 1550. The van der Waals surface area contributed by atoms with Gasteiger partial charge in [-0.05, 0) is 90.1 Å². The van der Waals surface area contributed by atoms with Crippen LogP contribution in [0.4, 0.5) is 29.5 Å². The zero-order chi connectivity index (χ0) is 33.1. The smallest absolute Gasteiger partial charge is 0.416 e. The number of amides is 1. The van der Waals surface area contributed by atoms with Gasteiger partial charge in [-0.25, -0.2) is 14.8 Å². The summed E-state index contributed by atoms with van der Waals surface area (Å²) in [7, 11) is 2.90. The average molecular weight is 633 g/mol. The van der Waals surface area contributed by atoms with Gasteiger partial charge < -0.3 is 24.3 Å². The quantitative estimate of drug-likeness (QED) is 0.242. The van der Waals surface area contributed by atoms with E-state index in [9.17, 15) is 22.8 Å². The van der Waals surface area contributed by atoms with Crippen LogP contribution >= 0.6 is 0 Å². The summed E-state index contributed by atoms with van der Waals surface area (Å²) < 4.78 is 63.6. The van der Waals surface area contributed by atoms with Crippen LogP contribution in [0.5, 0.6) is 11.5 Å². The lowest BCUT2D eigenvalue weighted by Crippen LogP contribution is -2.28. The average Bonchev–Trinajstić information content (AvgIpc) is 2.95. The molecule has 1 fully saturated rings. The first-order valence-corrected chi connectivity index (χ1v) is 14.7. The molecule has 0 saturated heterocycles. The summed E-state index contributed by atoms with van der Waals surface area (Å²) in [4.78, 5) is 33.4. The van der Waals surface area contributed by atoms with Crippen LogP contribution in [0.15, 0.2) is 30.3 Å². The molecular weight excluding hydrogens is 593 g/mol. The van der Waals surface area contributed by atoms with Crippen LogP contribution in [0.3, 0.4) is 0 Å². The molecule has 1 aliphatic rings. The van der Waals surface area contributed by atoms with Crippen molar-refractivity contribution in [2.45, 2.75) is 84.2 Å². The predicted octanol–water partition coefficient (Wildman–Crippen LogP) is 7.60. The van der Waals surface area contributed by atoms with Crippen molar-refractivity contribution in [3.63, 3.8) is 0 Å². The predicted molar refractivity (Wildman–Crippen MR) is 163 cm³/mol.